The lowest BCUT2D eigenvalue weighted by Crippen LogP contribution is -2.15. The van der Waals surface area contributed by atoms with Gasteiger partial charge in [-0.05, 0) is 43.3 Å². The van der Waals surface area contributed by atoms with Crippen molar-refractivity contribution in [1.82, 2.24) is 0 Å². The van der Waals surface area contributed by atoms with Gasteiger partial charge in [0.15, 0.2) is 12.4 Å². The second-order valence-corrected chi connectivity index (χ2v) is 6.60. The summed E-state index contributed by atoms with van der Waals surface area (Å²) in [5.74, 6) is -0.748. The van der Waals surface area contributed by atoms with E-state index in [1.165, 1.54) is 19.2 Å². The van der Waals surface area contributed by atoms with E-state index in [-0.39, 0.29) is 23.9 Å². The molecule has 0 aliphatic heterocycles. The average Bonchev–Trinajstić information content (AvgIpc) is 2.78. The number of esters is 1. The van der Waals surface area contributed by atoms with Crippen molar-refractivity contribution in [3.63, 3.8) is 0 Å². The van der Waals surface area contributed by atoms with Gasteiger partial charge < -0.3 is 14.8 Å². The minimum atomic E-state index is -0.613. The molecule has 0 radical (unpaired) electrons. The Labute approximate surface area is 174 Å². The number of nitrogens with one attached hydrogen (secondary N) is 1. The van der Waals surface area contributed by atoms with Crippen LogP contribution in [0.15, 0.2) is 72.8 Å². The van der Waals surface area contributed by atoms with Crippen molar-refractivity contribution in [2.45, 2.75) is 6.92 Å². The maximum absolute atomic E-state index is 12.4. The zero-order valence-electron chi connectivity index (χ0n) is 16.7. The third-order valence-electron chi connectivity index (χ3n) is 4.44. The number of aryl methyl sites for hydroxylation is 1. The van der Waals surface area contributed by atoms with E-state index in [2.05, 4.69) is 5.32 Å². The lowest BCUT2D eigenvalue weighted by atomic mass is 10.1. The topological polar surface area (TPSA) is 81.7 Å². The maximum Gasteiger partial charge on any atom is 0.338 e. The molecule has 6 nitrogen and oxygen atoms in total. The first-order valence-electron chi connectivity index (χ1n) is 9.29. The van der Waals surface area contributed by atoms with E-state index in [1.807, 2.05) is 19.1 Å². The summed E-state index contributed by atoms with van der Waals surface area (Å²) in [6.07, 6.45) is 0. The van der Waals surface area contributed by atoms with Gasteiger partial charge in [-0.1, -0.05) is 42.0 Å². The van der Waals surface area contributed by atoms with Gasteiger partial charge in [0, 0.05) is 11.3 Å². The van der Waals surface area contributed by atoms with Crippen LogP contribution in [0.1, 0.15) is 36.6 Å². The van der Waals surface area contributed by atoms with Gasteiger partial charge in [0.1, 0.15) is 5.75 Å². The Morgan fingerprint density at radius 2 is 1.47 bits per heavy atom. The van der Waals surface area contributed by atoms with Crippen molar-refractivity contribution in [3.8, 4) is 5.75 Å². The Balaban J connectivity index is 1.58. The van der Waals surface area contributed by atoms with E-state index < -0.39 is 5.97 Å². The van der Waals surface area contributed by atoms with Gasteiger partial charge in [0.05, 0.1) is 18.2 Å². The molecular weight excluding hydrogens is 382 g/mol. The van der Waals surface area contributed by atoms with Crippen LogP contribution < -0.4 is 10.1 Å². The van der Waals surface area contributed by atoms with Gasteiger partial charge in [0.25, 0.3) is 5.91 Å². The predicted octanol–water partition coefficient (Wildman–Crippen LogP) is 4.30. The van der Waals surface area contributed by atoms with Crippen molar-refractivity contribution in [2.24, 2.45) is 0 Å². The van der Waals surface area contributed by atoms with E-state index in [9.17, 15) is 14.4 Å². The minimum absolute atomic E-state index is 0.274. The molecule has 0 fully saturated rings. The van der Waals surface area contributed by atoms with Gasteiger partial charge in [-0.25, -0.2) is 4.79 Å². The third kappa shape index (κ3) is 5.11. The molecule has 1 N–H and O–H groups in total. The van der Waals surface area contributed by atoms with Crippen LogP contribution in [0.25, 0.3) is 0 Å². The van der Waals surface area contributed by atoms with Crippen molar-refractivity contribution in [3.05, 3.63) is 95.1 Å². The van der Waals surface area contributed by atoms with Gasteiger partial charge >= 0.3 is 5.97 Å². The normalized spacial score (nSPS) is 10.2. The number of hydrogen-bond acceptors (Lipinski definition) is 5. The standard InChI is InChI=1S/C24H21NO5/c1-16-7-9-17(10-8-16)21(26)15-30-24(28)18-11-13-19(14-12-18)25-23(27)20-5-3-4-6-22(20)29-2/h3-14H,15H2,1-2H3,(H,25,27). The number of ketones is 1. The maximum atomic E-state index is 12.4. The zero-order chi connectivity index (χ0) is 21.5. The number of para-hydroxylation sites is 1. The number of carbonyl (C=O) groups is 3. The molecule has 0 saturated heterocycles. The Kier molecular flexibility index (Phi) is 6.60. The molecule has 0 aromatic heterocycles. The molecule has 3 rings (SSSR count). The van der Waals surface area contributed by atoms with Gasteiger partial charge in [-0.3, -0.25) is 9.59 Å². The summed E-state index contributed by atoms with van der Waals surface area (Å²) in [7, 11) is 1.50. The Bertz CT molecular complexity index is 1060. The van der Waals surface area contributed by atoms with Crippen molar-refractivity contribution >= 4 is 23.3 Å². The molecular formula is C24H21NO5. The van der Waals surface area contributed by atoms with Crippen LogP contribution in [0.2, 0.25) is 0 Å². The van der Waals surface area contributed by atoms with Crippen molar-refractivity contribution in [1.29, 1.82) is 0 Å². The van der Waals surface area contributed by atoms with E-state index in [0.29, 0.717) is 22.6 Å². The first-order valence-corrected chi connectivity index (χ1v) is 9.29. The zero-order valence-corrected chi connectivity index (χ0v) is 16.7. The largest absolute Gasteiger partial charge is 0.496 e. The molecule has 0 atom stereocenters. The average molecular weight is 403 g/mol. The number of benzene rings is 3. The lowest BCUT2D eigenvalue weighted by molar-refractivity contribution is 0.0475. The fraction of sp³-hybridized carbons (Fsp3) is 0.125. The van der Waals surface area contributed by atoms with Gasteiger partial charge in [-0.2, -0.15) is 0 Å². The van der Waals surface area contributed by atoms with Crippen LogP contribution in [0.5, 0.6) is 5.75 Å². The number of rotatable bonds is 7. The molecule has 0 heterocycles. The Hall–Kier alpha value is -3.93. The second kappa shape index (κ2) is 9.52. The molecule has 3 aromatic carbocycles. The summed E-state index contributed by atoms with van der Waals surface area (Å²) < 4.78 is 10.3. The van der Waals surface area contributed by atoms with Crippen molar-refractivity contribution < 1.29 is 23.9 Å². The number of Topliss-reactive ketones (excluding diaryl/α,β-unsaturated/α-hetero) is 1. The smallest absolute Gasteiger partial charge is 0.338 e. The molecule has 0 bridgehead atoms. The summed E-state index contributed by atoms with van der Waals surface area (Å²) in [6, 6.07) is 20.2. The number of amides is 1. The van der Waals surface area contributed by atoms with E-state index in [4.69, 9.17) is 9.47 Å². The highest BCUT2D eigenvalue weighted by Gasteiger charge is 2.14. The number of hydrogen-bond donors (Lipinski definition) is 1. The monoisotopic (exact) mass is 403 g/mol. The number of carbonyl (C=O) groups excluding carboxylic acids is 3. The highest BCUT2D eigenvalue weighted by Crippen LogP contribution is 2.19. The van der Waals surface area contributed by atoms with Crippen molar-refractivity contribution in [2.75, 3.05) is 19.0 Å². The first kappa shape index (κ1) is 20.8. The predicted molar refractivity (Wildman–Crippen MR) is 113 cm³/mol. The molecule has 0 aliphatic rings. The van der Waals surface area contributed by atoms with E-state index >= 15 is 0 Å². The minimum Gasteiger partial charge on any atom is -0.496 e. The third-order valence-corrected chi connectivity index (χ3v) is 4.44. The van der Waals surface area contributed by atoms with Gasteiger partial charge in [0.2, 0.25) is 0 Å². The van der Waals surface area contributed by atoms with Crippen LogP contribution in [-0.2, 0) is 4.74 Å². The molecule has 0 aliphatic carbocycles. The molecule has 0 spiro atoms. The number of methoxy groups -OCH3 is 1. The Morgan fingerprint density at radius 3 is 2.13 bits per heavy atom. The van der Waals surface area contributed by atoms with E-state index in [0.717, 1.165) is 5.56 Å². The summed E-state index contributed by atoms with van der Waals surface area (Å²) in [5, 5.41) is 2.75. The van der Waals surface area contributed by atoms with E-state index in [1.54, 1.807) is 48.5 Å². The summed E-state index contributed by atoms with van der Waals surface area (Å²) >= 11 is 0. The lowest BCUT2D eigenvalue weighted by Gasteiger charge is -2.09. The number of ether oxygens (including phenoxy) is 2. The second-order valence-electron chi connectivity index (χ2n) is 6.60. The van der Waals surface area contributed by atoms with Crippen LogP contribution in [0.3, 0.4) is 0 Å². The Morgan fingerprint density at radius 1 is 0.833 bits per heavy atom. The molecule has 152 valence electrons. The highest BCUT2D eigenvalue weighted by atomic mass is 16.5. The van der Waals surface area contributed by atoms with Gasteiger partial charge in [-0.15, -0.1) is 0 Å². The fourth-order valence-electron chi connectivity index (χ4n) is 2.76. The number of anilines is 1. The summed E-state index contributed by atoms with van der Waals surface area (Å²) in [4.78, 5) is 36.7. The fourth-order valence-corrected chi connectivity index (χ4v) is 2.76. The summed E-state index contributed by atoms with van der Waals surface area (Å²) in [6.45, 7) is 1.59. The molecule has 30 heavy (non-hydrogen) atoms. The van der Waals surface area contributed by atoms with Crippen LogP contribution >= 0.6 is 0 Å². The molecule has 6 heteroatoms. The van der Waals surface area contributed by atoms with Crippen LogP contribution in [0.4, 0.5) is 5.69 Å². The SMILES string of the molecule is COc1ccccc1C(=O)Nc1ccc(C(=O)OCC(=O)c2ccc(C)cc2)cc1. The molecule has 3 aromatic rings. The molecule has 0 unspecified atom stereocenters. The van der Waals surface area contributed by atoms with Crippen LogP contribution in [0, 0.1) is 6.92 Å². The summed E-state index contributed by atoms with van der Waals surface area (Å²) in [5.41, 5.74) is 2.72. The highest BCUT2D eigenvalue weighted by molar-refractivity contribution is 6.06. The van der Waals surface area contributed by atoms with Crippen LogP contribution in [-0.4, -0.2) is 31.4 Å². The molecule has 1 amide bonds. The molecule has 0 saturated carbocycles. The first-order chi connectivity index (χ1) is 14.5. The quantitative estimate of drug-likeness (QED) is 0.470.